The molecule has 0 spiro atoms. The summed E-state index contributed by atoms with van der Waals surface area (Å²) in [5.74, 6) is 0.936. The van der Waals surface area contributed by atoms with Gasteiger partial charge >= 0.3 is 0 Å². The van der Waals surface area contributed by atoms with Gasteiger partial charge in [0, 0.05) is 19.6 Å². The Kier molecular flexibility index (Phi) is 9.37. The first kappa shape index (κ1) is 20.4. The molecule has 0 saturated carbocycles. The van der Waals surface area contributed by atoms with E-state index in [4.69, 9.17) is 10.1 Å². The summed E-state index contributed by atoms with van der Waals surface area (Å²) in [5, 5.41) is 14.0. The van der Waals surface area contributed by atoms with E-state index >= 15 is 0 Å². The van der Waals surface area contributed by atoms with E-state index < -0.39 is 0 Å². The van der Waals surface area contributed by atoms with E-state index in [-0.39, 0.29) is 25.0 Å². The van der Waals surface area contributed by atoms with Gasteiger partial charge in [0.25, 0.3) is 11.8 Å². The molecule has 1 saturated heterocycles. The molecule has 3 N–H and O–H groups in total. The maximum absolute atomic E-state index is 11.6. The summed E-state index contributed by atoms with van der Waals surface area (Å²) in [6, 6.07) is 0. The lowest BCUT2D eigenvalue weighted by molar-refractivity contribution is -0.158. The fourth-order valence-electron chi connectivity index (χ4n) is 2.53. The number of hydrogen-bond acceptors (Lipinski definition) is 4. The summed E-state index contributed by atoms with van der Waals surface area (Å²) in [6.07, 6.45) is 3.90. The molecule has 1 unspecified atom stereocenters. The number of nitrogens with one attached hydrogen (secondary N) is 3. The zero-order valence-corrected chi connectivity index (χ0v) is 15.2. The molecule has 1 rings (SSSR count). The predicted octanol–water partition coefficient (Wildman–Crippen LogP) is 1.34. The Morgan fingerprint density at radius 3 is 2.42 bits per heavy atom. The topological polar surface area (TPSA) is 94.5 Å². The van der Waals surface area contributed by atoms with Crippen LogP contribution in [0.5, 0.6) is 0 Å². The lowest BCUT2D eigenvalue weighted by Crippen LogP contribution is -2.46. The number of morpholine rings is 1. The van der Waals surface area contributed by atoms with E-state index in [2.05, 4.69) is 31.4 Å². The fraction of sp³-hybridized carbons (Fsp3) is 0.824. The van der Waals surface area contributed by atoms with Crippen molar-refractivity contribution in [1.82, 2.24) is 15.5 Å². The molecule has 24 heavy (non-hydrogen) atoms. The number of carbonyl (C=O) groups is 2. The minimum atomic E-state index is -0.246. The third-order valence-corrected chi connectivity index (χ3v) is 4.02. The molecule has 2 amide bonds. The summed E-state index contributed by atoms with van der Waals surface area (Å²) in [4.78, 5) is 24.5. The van der Waals surface area contributed by atoms with Gasteiger partial charge in [-0.15, -0.1) is 0 Å². The van der Waals surface area contributed by atoms with Gasteiger partial charge in [-0.1, -0.05) is 20.8 Å². The first-order valence-electron chi connectivity index (χ1n) is 8.87. The van der Waals surface area contributed by atoms with Crippen molar-refractivity contribution in [2.24, 2.45) is 11.8 Å². The number of hydrogen-bond donors (Lipinski definition) is 3. The molecule has 0 aromatic rings. The first-order chi connectivity index (χ1) is 11.4. The van der Waals surface area contributed by atoms with Crippen molar-refractivity contribution >= 4 is 17.8 Å². The maximum Gasteiger partial charge on any atom is 0.255 e. The average molecular weight is 340 g/mol. The molecule has 0 aromatic carbocycles. The molecule has 0 bridgehead atoms. The maximum atomic E-state index is 11.6. The molecule has 1 heterocycles. The van der Waals surface area contributed by atoms with Gasteiger partial charge in [-0.2, -0.15) is 0 Å². The highest BCUT2D eigenvalue weighted by atomic mass is 16.5. The molecule has 7 nitrogen and oxygen atoms in total. The first-order valence-corrected chi connectivity index (χ1v) is 8.87. The van der Waals surface area contributed by atoms with Crippen molar-refractivity contribution in [3.63, 3.8) is 0 Å². The zero-order valence-electron chi connectivity index (χ0n) is 15.2. The zero-order chi connectivity index (χ0) is 17.9. The monoisotopic (exact) mass is 340 g/mol. The van der Waals surface area contributed by atoms with Crippen LogP contribution >= 0.6 is 0 Å². The van der Waals surface area contributed by atoms with Crippen molar-refractivity contribution in [1.29, 1.82) is 5.41 Å². The normalized spacial score (nSPS) is 16.4. The molecule has 1 aliphatic heterocycles. The summed E-state index contributed by atoms with van der Waals surface area (Å²) in [6.45, 7) is 8.48. The van der Waals surface area contributed by atoms with E-state index in [1.165, 1.54) is 4.90 Å². The number of rotatable bonds is 10. The van der Waals surface area contributed by atoms with Crippen LogP contribution in [0.4, 0.5) is 0 Å². The second-order valence-electron chi connectivity index (χ2n) is 6.90. The van der Waals surface area contributed by atoms with Crippen LogP contribution < -0.4 is 10.6 Å². The number of guanidine groups is 1. The minimum absolute atomic E-state index is 0.00247. The molecule has 1 atom stereocenters. The Hall–Kier alpha value is -1.63. The lowest BCUT2D eigenvalue weighted by atomic mass is 10.1. The highest BCUT2D eigenvalue weighted by molar-refractivity contribution is 5.98. The SMILES string of the molecule is CC(C)CCCNC(=N)NCC(C)CCCN1C(=O)COCC1=O. The average Bonchev–Trinajstić information content (AvgIpc) is 2.52. The Bertz CT molecular complexity index is 410. The molecule has 0 aliphatic carbocycles. The highest BCUT2D eigenvalue weighted by Gasteiger charge is 2.25. The Labute approximate surface area is 145 Å². The number of nitrogens with zero attached hydrogens (tertiary/aromatic N) is 1. The van der Waals surface area contributed by atoms with E-state index in [0.29, 0.717) is 30.9 Å². The number of imide groups is 1. The highest BCUT2D eigenvalue weighted by Crippen LogP contribution is 2.08. The van der Waals surface area contributed by atoms with Crippen LogP contribution in [0.2, 0.25) is 0 Å². The van der Waals surface area contributed by atoms with Crippen LogP contribution in [0.25, 0.3) is 0 Å². The summed E-state index contributed by atoms with van der Waals surface area (Å²) in [7, 11) is 0. The van der Waals surface area contributed by atoms with Crippen LogP contribution in [0.3, 0.4) is 0 Å². The van der Waals surface area contributed by atoms with Crippen molar-refractivity contribution in [3.8, 4) is 0 Å². The summed E-state index contributed by atoms with van der Waals surface area (Å²) < 4.78 is 4.89. The largest absolute Gasteiger partial charge is 0.362 e. The van der Waals surface area contributed by atoms with Crippen LogP contribution in [-0.2, 0) is 14.3 Å². The standard InChI is InChI=1S/C17H32N4O3/c1-13(2)6-4-8-19-17(18)20-10-14(3)7-5-9-21-15(22)11-24-12-16(21)23/h13-14H,4-12H2,1-3H3,(H3,18,19,20). The van der Waals surface area contributed by atoms with E-state index in [1.807, 2.05) is 0 Å². The van der Waals surface area contributed by atoms with Gasteiger partial charge in [-0.05, 0) is 37.5 Å². The molecular formula is C17H32N4O3. The molecule has 138 valence electrons. The quantitative estimate of drug-likeness (QED) is 0.241. The molecule has 1 fully saturated rings. The van der Waals surface area contributed by atoms with Gasteiger partial charge in [0.2, 0.25) is 0 Å². The third kappa shape index (κ3) is 8.29. The number of amides is 2. The molecule has 0 radical (unpaired) electrons. The second kappa shape index (κ2) is 11.0. The Morgan fingerprint density at radius 1 is 1.12 bits per heavy atom. The van der Waals surface area contributed by atoms with Gasteiger partial charge in [0.15, 0.2) is 5.96 Å². The molecule has 7 heteroatoms. The second-order valence-corrected chi connectivity index (χ2v) is 6.90. The smallest absolute Gasteiger partial charge is 0.255 e. The van der Waals surface area contributed by atoms with Gasteiger partial charge in [-0.3, -0.25) is 19.9 Å². The fourth-order valence-corrected chi connectivity index (χ4v) is 2.53. The van der Waals surface area contributed by atoms with Crippen molar-refractivity contribution in [2.45, 2.75) is 46.5 Å². The van der Waals surface area contributed by atoms with E-state index in [1.54, 1.807) is 0 Å². The Morgan fingerprint density at radius 2 is 1.79 bits per heavy atom. The third-order valence-electron chi connectivity index (χ3n) is 4.02. The minimum Gasteiger partial charge on any atom is -0.362 e. The lowest BCUT2D eigenvalue weighted by Gasteiger charge is -2.25. The van der Waals surface area contributed by atoms with Crippen LogP contribution in [0.1, 0.15) is 46.5 Å². The van der Waals surface area contributed by atoms with Crippen LogP contribution in [-0.4, -0.2) is 55.5 Å². The van der Waals surface area contributed by atoms with E-state index in [0.717, 1.165) is 32.2 Å². The van der Waals surface area contributed by atoms with Gasteiger partial charge in [0.1, 0.15) is 13.2 Å². The van der Waals surface area contributed by atoms with E-state index in [9.17, 15) is 9.59 Å². The number of ether oxygens (including phenoxy) is 1. The van der Waals surface area contributed by atoms with Crippen molar-refractivity contribution < 1.29 is 14.3 Å². The summed E-state index contributed by atoms with van der Waals surface area (Å²) >= 11 is 0. The van der Waals surface area contributed by atoms with Crippen molar-refractivity contribution in [2.75, 3.05) is 32.8 Å². The van der Waals surface area contributed by atoms with Crippen LogP contribution in [0.15, 0.2) is 0 Å². The van der Waals surface area contributed by atoms with Crippen LogP contribution in [0, 0.1) is 17.2 Å². The van der Waals surface area contributed by atoms with Gasteiger partial charge in [-0.25, -0.2) is 0 Å². The Balaban J connectivity index is 2.09. The molecule has 0 aromatic heterocycles. The van der Waals surface area contributed by atoms with Gasteiger partial charge in [0.05, 0.1) is 0 Å². The predicted molar refractivity (Wildman–Crippen MR) is 93.7 cm³/mol. The number of carbonyl (C=O) groups excluding carboxylic acids is 2. The molecule has 1 aliphatic rings. The molecular weight excluding hydrogens is 308 g/mol. The van der Waals surface area contributed by atoms with Gasteiger partial charge < -0.3 is 15.4 Å². The van der Waals surface area contributed by atoms with Crippen molar-refractivity contribution in [3.05, 3.63) is 0 Å². The summed E-state index contributed by atoms with van der Waals surface area (Å²) in [5.41, 5.74) is 0.